The number of rotatable bonds is 6. The fraction of sp³-hybridized carbons (Fsp3) is 0.476. The summed E-state index contributed by atoms with van der Waals surface area (Å²) in [4.78, 5) is 4.88. The predicted octanol–water partition coefficient (Wildman–Crippen LogP) is 3.66. The van der Waals surface area contributed by atoms with Crippen LogP contribution in [0.3, 0.4) is 0 Å². The van der Waals surface area contributed by atoms with Gasteiger partial charge in [-0.15, -0.1) is 0 Å². The molecule has 0 aliphatic carbocycles. The van der Waals surface area contributed by atoms with Gasteiger partial charge in [0.25, 0.3) is 0 Å². The van der Waals surface area contributed by atoms with E-state index in [2.05, 4.69) is 66.1 Å². The van der Waals surface area contributed by atoms with Crippen LogP contribution in [-0.4, -0.2) is 48.6 Å². The molecule has 0 spiro atoms. The SMILES string of the molecule is CC(C)Oc1ccc2ccccc2c1CN1CCN(CCC#N)CC1. The molecular weight excluding hydrogens is 310 g/mol. The van der Waals surface area contributed by atoms with Crippen molar-refractivity contribution in [2.24, 2.45) is 0 Å². The number of ether oxygens (including phenoxy) is 1. The van der Waals surface area contributed by atoms with Crippen LogP contribution in [0.5, 0.6) is 5.75 Å². The van der Waals surface area contributed by atoms with Crippen LogP contribution < -0.4 is 4.74 Å². The Morgan fingerprint density at radius 2 is 1.76 bits per heavy atom. The van der Waals surface area contributed by atoms with Gasteiger partial charge in [0.05, 0.1) is 12.2 Å². The van der Waals surface area contributed by atoms with Crippen molar-refractivity contribution in [1.82, 2.24) is 9.80 Å². The van der Waals surface area contributed by atoms with Gasteiger partial charge in [-0.05, 0) is 30.7 Å². The summed E-state index contributed by atoms with van der Waals surface area (Å²) >= 11 is 0. The summed E-state index contributed by atoms with van der Waals surface area (Å²) < 4.78 is 6.10. The first kappa shape index (κ1) is 17.7. The van der Waals surface area contributed by atoms with Gasteiger partial charge in [-0.1, -0.05) is 30.3 Å². The van der Waals surface area contributed by atoms with Gasteiger partial charge in [-0.2, -0.15) is 5.26 Å². The van der Waals surface area contributed by atoms with Crippen molar-refractivity contribution in [3.8, 4) is 11.8 Å². The molecule has 1 aliphatic heterocycles. The molecule has 4 heteroatoms. The monoisotopic (exact) mass is 337 g/mol. The van der Waals surface area contributed by atoms with E-state index in [-0.39, 0.29) is 6.10 Å². The van der Waals surface area contributed by atoms with Crippen LogP contribution >= 0.6 is 0 Å². The van der Waals surface area contributed by atoms with Crippen LogP contribution in [-0.2, 0) is 6.54 Å². The molecule has 1 fully saturated rings. The van der Waals surface area contributed by atoms with Crippen molar-refractivity contribution in [2.75, 3.05) is 32.7 Å². The maximum atomic E-state index is 8.75. The van der Waals surface area contributed by atoms with E-state index in [4.69, 9.17) is 10.00 Å². The Morgan fingerprint density at radius 1 is 1.04 bits per heavy atom. The Kier molecular flexibility index (Phi) is 5.91. The zero-order chi connectivity index (χ0) is 17.6. The number of piperazine rings is 1. The molecule has 132 valence electrons. The maximum Gasteiger partial charge on any atom is 0.124 e. The molecule has 0 amide bonds. The molecule has 1 aliphatic rings. The molecule has 1 heterocycles. The largest absolute Gasteiger partial charge is 0.491 e. The number of nitriles is 1. The maximum absolute atomic E-state index is 8.75. The van der Waals surface area contributed by atoms with E-state index in [1.807, 2.05) is 0 Å². The molecule has 0 aromatic heterocycles. The highest BCUT2D eigenvalue weighted by Gasteiger charge is 2.19. The van der Waals surface area contributed by atoms with Crippen LogP contribution in [0.15, 0.2) is 36.4 Å². The first-order chi connectivity index (χ1) is 12.2. The van der Waals surface area contributed by atoms with E-state index >= 15 is 0 Å². The Balaban J connectivity index is 1.77. The van der Waals surface area contributed by atoms with E-state index < -0.39 is 0 Å². The highest BCUT2D eigenvalue weighted by molar-refractivity contribution is 5.87. The van der Waals surface area contributed by atoms with Gasteiger partial charge in [0.15, 0.2) is 0 Å². The topological polar surface area (TPSA) is 39.5 Å². The summed E-state index contributed by atoms with van der Waals surface area (Å²) in [6, 6.07) is 15.0. The summed E-state index contributed by atoms with van der Waals surface area (Å²) in [7, 11) is 0. The molecule has 0 radical (unpaired) electrons. The number of fused-ring (bicyclic) bond motifs is 1. The van der Waals surface area contributed by atoms with Crippen LogP contribution in [0.25, 0.3) is 10.8 Å². The molecular formula is C21H27N3O. The van der Waals surface area contributed by atoms with E-state index in [0.717, 1.165) is 45.0 Å². The van der Waals surface area contributed by atoms with Crippen LogP contribution in [0.4, 0.5) is 0 Å². The second kappa shape index (κ2) is 8.33. The van der Waals surface area contributed by atoms with Crippen LogP contribution in [0, 0.1) is 11.3 Å². The molecule has 2 aromatic carbocycles. The van der Waals surface area contributed by atoms with Crippen molar-refractivity contribution in [3.63, 3.8) is 0 Å². The van der Waals surface area contributed by atoms with Crippen molar-refractivity contribution in [1.29, 1.82) is 5.26 Å². The standard InChI is InChI=1S/C21H27N3O/c1-17(2)25-21-9-8-18-6-3-4-7-19(18)20(21)16-24-14-12-23(13-15-24)11-5-10-22/h3-4,6-9,17H,5,11-16H2,1-2H3. The van der Waals surface area contributed by atoms with Crippen molar-refractivity contribution >= 4 is 10.8 Å². The quantitative estimate of drug-likeness (QED) is 0.806. The fourth-order valence-electron chi connectivity index (χ4n) is 3.45. The second-order valence-electron chi connectivity index (χ2n) is 6.96. The number of hydrogen-bond donors (Lipinski definition) is 0. The molecule has 0 N–H and O–H groups in total. The minimum atomic E-state index is 0.169. The fourth-order valence-corrected chi connectivity index (χ4v) is 3.45. The van der Waals surface area contributed by atoms with Crippen molar-refractivity contribution in [2.45, 2.75) is 32.9 Å². The third-order valence-corrected chi connectivity index (χ3v) is 4.75. The lowest BCUT2D eigenvalue weighted by Gasteiger charge is -2.34. The molecule has 0 atom stereocenters. The average molecular weight is 337 g/mol. The average Bonchev–Trinajstić information content (AvgIpc) is 2.62. The summed E-state index contributed by atoms with van der Waals surface area (Å²) in [5.74, 6) is 1.00. The second-order valence-corrected chi connectivity index (χ2v) is 6.96. The normalized spacial score (nSPS) is 16.2. The van der Waals surface area contributed by atoms with Crippen LogP contribution in [0.2, 0.25) is 0 Å². The van der Waals surface area contributed by atoms with Gasteiger partial charge in [0, 0.05) is 51.3 Å². The number of nitrogens with zero attached hydrogens (tertiary/aromatic N) is 3. The molecule has 4 nitrogen and oxygen atoms in total. The van der Waals surface area contributed by atoms with Gasteiger partial charge < -0.3 is 4.74 Å². The molecule has 0 unspecified atom stereocenters. The minimum Gasteiger partial charge on any atom is -0.491 e. The van der Waals surface area contributed by atoms with E-state index in [1.165, 1.54) is 16.3 Å². The lowest BCUT2D eigenvalue weighted by atomic mass is 10.0. The van der Waals surface area contributed by atoms with Crippen LogP contribution in [0.1, 0.15) is 25.8 Å². The predicted molar refractivity (Wildman–Crippen MR) is 102 cm³/mol. The first-order valence-electron chi connectivity index (χ1n) is 9.16. The summed E-state index contributed by atoms with van der Waals surface area (Å²) in [5, 5.41) is 11.3. The highest BCUT2D eigenvalue weighted by Crippen LogP contribution is 2.30. The Hall–Kier alpha value is -2.09. The highest BCUT2D eigenvalue weighted by atomic mass is 16.5. The van der Waals surface area contributed by atoms with Crippen molar-refractivity contribution < 1.29 is 4.74 Å². The van der Waals surface area contributed by atoms with Gasteiger partial charge in [-0.3, -0.25) is 9.80 Å². The van der Waals surface area contributed by atoms with E-state index in [0.29, 0.717) is 6.42 Å². The third kappa shape index (κ3) is 4.50. The van der Waals surface area contributed by atoms with Gasteiger partial charge in [0.2, 0.25) is 0 Å². The minimum absolute atomic E-state index is 0.169. The molecule has 0 bridgehead atoms. The van der Waals surface area contributed by atoms with Crippen molar-refractivity contribution in [3.05, 3.63) is 42.0 Å². The molecule has 1 saturated heterocycles. The molecule has 2 aromatic rings. The van der Waals surface area contributed by atoms with E-state index in [9.17, 15) is 0 Å². The Morgan fingerprint density at radius 3 is 2.48 bits per heavy atom. The first-order valence-corrected chi connectivity index (χ1v) is 9.16. The number of hydrogen-bond acceptors (Lipinski definition) is 4. The molecule has 3 rings (SSSR count). The van der Waals surface area contributed by atoms with Gasteiger partial charge in [0.1, 0.15) is 5.75 Å². The smallest absolute Gasteiger partial charge is 0.124 e. The van der Waals surface area contributed by atoms with Gasteiger partial charge >= 0.3 is 0 Å². The third-order valence-electron chi connectivity index (χ3n) is 4.75. The zero-order valence-corrected chi connectivity index (χ0v) is 15.2. The Labute approximate surface area is 150 Å². The summed E-state index contributed by atoms with van der Waals surface area (Å²) in [5.41, 5.74) is 1.29. The molecule has 0 saturated carbocycles. The Bertz CT molecular complexity index is 742. The van der Waals surface area contributed by atoms with Gasteiger partial charge in [-0.25, -0.2) is 0 Å². The summed E-state index contributed by atoms with van der Waals surface area (Å²) in [6.45, 7) is 10.1. The zero-order valence-electron chi connectivity index (χ0n) is 15.2. The molecule has 25 heavy (non-hydrogen) atoms. The number of benzene rings is 2. The summed E-state index contributed by atoms with van der Waals surface area (Å²) in [6.07, 6.45) is 0.790. The lowest BCUT2D eigenvalue weighted by molar-refractivity contribution is 0.127. The van der Waals surface area contributed by atoms with E-state index in [1.54, 1.807) is 0 Å². The lowest BCUT2D eigenvalue weighted by Crippen LogP contribution is -2.46.